The van der Waals surface area contributed by atoms with Gasteiger partial charge in [-0.2, -0.15) is 13.2 Å². The summed E-state index contributed by atoms with van der Waals surface area (Å²) in [5.41, 5.74) is -0.205. The Hall–Kier alpha value is -2.04. The van der Waals surface area contributed by atoms with Gasteiger partial charge in [0.15, 0.2) is 11.6 Å². The maximum Gasteiger partial charge on any atom is 0.416 e. The van der Waals surface area contributed by atoms with E-state index >= 15 is 0 Å². The number of hydrogen-bond acceptors (Lipinski definition) is 1. The summed E-state index contributed by atoms with van der Waals surface area (Å²) in [6.07, 6.45) is -4.43. The topological polar surface area (TPSA) is 20.2 Å². The third kappa shape index (κ3) is 2.45. The van der Waals surface area contributed by atoms with Gasteiger partial charge in [0.05, 0.1) is 5.56 Å². The molecule has 0 saturated carbocycles. The zero-order valence-corrected chi connectivity index (χ0v) is 9.00. The van der Waals surface area contributed by atoms with Crippen molar-refractivity contribution in [1.29, 1.82) is 0 Å². The van der Waals surface area contributed by atoms with Crippen molar-refractivity contribution < 1.29 is 22.7 Å². The van der Waals surface area contributed by atoms with Crippen molar-refractivity contribution in [2.75, 3.05) is 0 Å². The van der Waals surface area contributed by atoms with Crippen LogP contribution in [-0.2, 0) is 6.18 Å². The number of alkyl halides is 3. The number of benzene rings is 2. The van der Waals surface area contributed by atoms with Gasteiger partial charge in [0.25, 0.3) is 0 Å². The Labute approximate surface area is 100 Å². The molecule has 1 nitrogen and oxygen atoms in total. The summed E-state index contributed by atoms with van der Waals surface area (Å²) >= 11 is 0. The van der Waals surface area contributed by atoms with Crippen LogP contribution in [0.5, 0.6) is 5.75 Å². The summed E-state index contributed by atoms with van der Waals surface area (Å²) in [5, 5.41) is 9.19. The lowest BCUT2D eigenvalue weighted by atomic mass is 10.0. The van der Waals surface area contributed by atoms with Crippen LogP contribution < -0.4 is 0 Å². The summed E-state index contributed by atoms with van der Waals surface area (Å²) in [4.78, 5) is 0. The molecule has 5 heteroatoms. The van der Waals surface area contributed by atoms with Crippen molar-refractivity contribution in [3.63, 3.8) is 0 Å². The molecule has 2 aromatic carbocycles. The molecule has 18 heavy (non-hydrogen) atoms. The van der Waals surface area contributed by atoms with Crippen LogP contribution in [0.15, 0.2) is 42.5 Å². The van der Waals surface area contributed by atoms with Crippen LogP contribution in [0.1, 0.15) is 5.56 Å². The molecule has 0 aromatic heterocycles. The highest BCUT2D eigenvalue weighted by atomic mass is 19.4. The molecule has 94 valence electrons. The molecule has 0 bridgehead atoms. The van der Waals surface area contributed by atoms with Gasteiger partial charge in [-0.3, -0.25) is 0 Å². The lowest BCUT2D eigenvalue weighted by molar-refractivity contribution is -0.137. The van der Waals surface area contributed by atoms with E-state index in [0.29, 0.717) is 5.56 Å². The molecular formula is C13H8F4O. The zero-order valence-electron chi connectivity index (χ0n) is 9.00. The van der Waals surface area contributed by atoms with E-state index in [-0.39, 0.29) is 5.56 Å². The first-order chi connectivity index (χ1) is 8.38. The van der Waals surface area contributed by atoms with Gasteiger partial charge in [-0.1, -0.05) is 18.2 Å². The average molecular weight is 256 g/mol. The first-order valence-electron chi connectivity index (χ1n) is 5.04. The van der Waals surface area contributed by atoms with Crippen molar-refractivity contribution in [3.8, 4) is 16.9 Å². The summed E-state index contributed by atoms with van der Waals surface area (Å²) in [6.45, 7) is 0. The molecule has 0 saturated heterocycles. The molecule has 0 heterocycles. The van der Waals surface area contributed by atoms with Gasteiger partial charge >= 0.3 is 6.18 Å². The minimum atomic E-state index is -4.43. The molecule has 0 atom stereocenters. The van der Waals surface area contributed by atoms with Gasteiger partial charge in [0.1, 0.15) is 0 Å². The minimum absolute atomic E-state index is 0.264. The standard InChI is InChI=1S/C13H8F4O/c14-11-5-4-9(7-12(11)18)8-2-1-3-10(6-8)13(15,16)17/h1-7,18H. The third-order valence-electron chi connectivity index (χ3n) is 2.47. The maximum atomic E-state index is 12.9. The van der Waals surface area contributed by atoms with Crippen LogP contribution >= 0.6 is 0 Å². The molecule has 0 aliphatic carbocycles. The van der Waals surface area contributed by atoms with E-state index in [1.807, 2.05) is 0 Å². The van der Waals surface area contributed by atoms with Crippen molar-refractivity contribution in [1.82, 2.24) is 0 Å². The van der Waals surface area contributed by atoms with Gasteiger partial charge in [0, 0.05) is 0 Å². The predicted molar refractivity (Wildman–Crippen MR) is 58.5 cm³/mol. The molecule has 1 N–H and O–H groups in total. The highest BCUT2D eigenvalue weighted by Gasteiger charge is 2.30. The number of hydrogen-bond donors (Lipinski definition) is 1. The van der Waals surface area contributed by atoms with Crippen molar-refractivity contribution in [3.05, 3.63) is 53.8 Å². The molecule has 0 radical (unpaired) electrons. The Kier molecular flexibility index (Phi) is 2.98. The summed E-state index contributed by atoms with van der Waals surface area (Å²) in [6, 6.07) is 8.03. The second-order valence-electron chi connectivity index (χ2n) is 3.74. The fourth-order valence-corrected chi connectivity index (χ4v) is 1.57. The van der Waals surface area contributed by atoms with Crippen LogP contribution in [-0.4, -0.2) is 5.11 Å². The maximum absolute atomic E-state index is 12.9. The van der Waals surface area contributed by atoms with Gasteiger partial charge in [-0.25, -0.2) is 4.39 Å². The van der Waals surface area contributed by atoms with Crippen molar-refractivity contribution in [2.45, 2.75) is 6.18 Å². The summed E-state index contributed by atoms with van der Waals surface area (Å²) in [7, 11) is 0. The van der Waals surface area contributed by atoms with E-state index in [9.17, 15) is 22.7 Å². The first-order valence-corrected chi connectivity index (χ1v) is 5.04. The number of phenols is 1. The van der Waals surface area contributed by atoms with Crippen LogP contribution in [0, 0.1) is 5.82 Å². The quantitative estimate of drug-likeness (QED) is 0.757. The summed E-state index contributed by atoms with van der Waals surface area (Å²) < 4.78 is 50.4. The molecular weight excluding hydrogens is 248 g/mol. The number of phenolic OH excluding ortho intramolecular Hbond substituents is 1. The highest BCUT2D eigenvalue weighted by molar-refractivity contribution is 5.66. The van der Waals surface area contributed by atoms with E-state index in [1.165, 1.54) is 18.2 Å². The molecule has 0 amide bonds. The van der Waals surface area contributed by atoms with Crippen LogP contribution in [0.3, 0.4) is 0 Å². The molecule has 2 aromatic rings. The number of rotatable bonds is 1. The molecule has 0 spiro atoms. The van der Waals surface area contributed by atoms with Gasteiger partial charge in [0.2, 0.25) is 0 Å². The van der Waals surface area contributed by atoms with E-state index < -0.39 is 23.3 Å². The fourth-order valence-electron chi connectivity index (χ4n) is 1.57. The van der Waals surface area contributed by atoms with Crippen LogP contribution in [0.2, 0.25) is 0 Å². The van der Waals surface area contributed by atoms with Crippen molar-refractivity contribution >= 4 is 0 Å². The summed E-state index contributed by atoms with van der Waals surface area (Å²) in [5.74, 6) is -1.41. The fraction of sp³-hybridized carbons (Fsp3) is 0.0769. The Morgan fingerprint density at radius 2 is 1.56 bits per heavy atom. The molecule has 0 fully saturated rings. The molecule has 2 rings (SSSR count). The lowest BCUT2D eigenvalue weighted by Gasteiger charge is -2.09. The van der Waals surface area contributed by atoms with Crippen molar-refractivity contribution in [2.24, 2.45) is 0 Å². The van der Waals surface area contributed by atoms with E-state index in [1.54, 1.807) is 0 Å². The Morgan fingerprint density at radius 1 is 0.889 bits per heavy atom. The third-order valence-corrected chi connectivity index (χ3v) is 2.47. The number of aromatic hydroxyl groups is 1. The predicted octanol–water partition coefficient (Wildman–Crippen LogP) is 4.22. The Balaban J connectivity index is 2.48. The van der Waals surface area contributed by atoms with Gasteiger partial charge in [-0.05, 0) is 35.4 Å². The zero-order chi connectivity index (χ0) is 13.3. The number of halogens is 4. The molecule has 0 aliphatic rings. The van der Waals surface area contributed by atoms with E-state index in [4.69, 9.17) is 0 Å². The van der Waals surface area contributed by atoms with Gasteiger partial charge < -0.3 is 5.11 Å². The minimum Gasteiger partial charge on any atom is -0.505 e. The van der Waals surface area contributed by atoms with E-state index in [2.05, 4.69) is 0 Å². The van der Waals surface area contributed by atoms with Gasteiger partial charge in [-0.15, -0.1) is 0 Å². The first kappa shape index (κ1) is 12.4. The largest absolute Gasteiger partial charge is 0.505 e. The molecule has 0 unspecified atom stereocenters. The van der Waals surface area contributed by atoms with E-state index in [0.717, 1.165) is 24.3 Å². The SMILES string of the molecule is Oc1cc(-c2cccc(C(F)(F)F)c2)ccc1F. The van der Waals surface area contributed by atoms with Crippen LogP contribution in [0.25, 0.3) is 11.1 Å². The monoisotopic (exact) mass is 256 g/mol. The normalized spacial score (nSPS) is 11.6. The molecule has 0 aliphatic heterocycles. The average Bonchev–Trinajstić information content (AvgIpc) is 2.32. The Morgan fingerprint density at radius 3 is 2.17 bits per heavy atom. The second kappa shape index (κ2) is 4.33. The smallest absolute Gasteiger partial charge is 0.416 e. The lowest BCUT2D eigenvalue weighted by Crippen LogP contribution is -2.04. The van der Waals surface area contributed by atoms with Crippen LogP contribution in [0.4, 0.5) is 17.6 Å². The Bertz CT molecular complexity index is 575. The second-order valence-corrected chi connectivity index (χ2v) is 3.74. The highest BCUT2D eigenvalue weighted by Crippen LogP contribution is 2.33.